The van der Waals surface area contributed by atoms with Crippen LogP contribution in [0, 0.1) is 0 Å². The molecule has 1 aromatic rings. The summed E-state index contributed by atoms with van der Waals surface area (Å²) in [6, 6.07) is 2.50. The van der Waals surface area contributed by atoms with Crippen molar-refractivity contribution in [1.82, 2.24) is 9.71 Å². The van der Waals surface area contributed by atoms with Crippen LogP contribution in [0.4, 0.5) is 5.69 Å². The summed E-state index contributed by atoms with van der Waals surface area (Å²) >= 11 is 0. The average Bonchev–Trinajstić information content (AvgIpc) is 2.26. The maximum Gasteiger partial charge on any atom is 0.260 e. The summed E-state index contributed by atoms with van der Waals surface area (Å²) < 4.78 is 49.1. The number of hydrogen-bond acceptors (Lipinski definition) is 6. The van der Waals surface area contributed by atoms with Gasteiger partial charge in [-0.1, -0.05) is 0 Å². The second-order valence-electron chi connectivity index (χ2n) is 4.50. The molecule has 20 heavy (non-hydrogen) atoms. The molecule has 0 spiro atoms. The van der Waals surface area contributed by atoms with E-state index in [9.17, 15) is 16.8 Å². The second-order valence-corrected chi connectivity index (χ2v) is 8.32. The van der Waals surface area contributed by atoms with Gasteiger partial charge in [-0.2, -0.15) is 0 Å². The lowest BCUT2D eigenvalue weighted by molar-refractivity contribution is 0.561. The molecule has 0 aromatic carbocycles. The van der Waals surface area contributed by atoms with Crippen molar-refractivity contribution < 1.29 is 16.8 Å². The van der Waals surface area contributed by atoms with Crippen molar-refractivity contribution >= 4 is 25.5 Å². The molecule has 1 heterocycles. The first-order chi connectivity index (χ1) is 9.15. The molecule has 9 heteroatoms. The van der Waals surface area contributed by atoms with Gasteiger partial charge in [0.2, 0.25) is 0 Å². The van der Waals surface area contributed by atoms with E-state index in [4.69, 9.17) is 0 Å². The number of rotatable bonds is 7. The third kappa shape index (κ3) is 5.06. The van der Waals surface area contributed by atoms with Gasteiger partial charge in [-0.25, -0.2) is 26.5 Å². The number of sulfonamides is 1. The fraction of sp³-hybridized carbons (Fsp3) is 0.545. The summed E-state index contributed by atoms with van der Waals surface area (Å²) in [5.41, 5.74) is 0.383. The summed E-state index contributed by atoms with van der Waals surface area (Å²) in [5.74, 6) is -0.268. The van der Waals surface area contributed by atoms with Crippen molar-refractivity contribution in [3.63, 3.8) is 0 Å². The van der Waals surface area contributed by atoms with E-state index >= 15 is 0 Å². The van der Waals surface area contributed by atoms with Crippen LogP contribution in [0.15, 0.2) is 23.4 Å². The van der Waals surface area contributed by atoms with Crippen molar-refractivity contribution in [3.05, 3.63) is 18.3 Å². The Morgan fingerprint density at radius 2 is 1.95 bits per heavy atom. The Morgan fingerprint density at radius 1 is 1.30 bits per heavy atom. The fourth-order valence-corrected chi connectivity index (χ4v) is 4.19. The topological polar surface area (TPSA) is 105 Å². The third-order valence-corrected chi connectivity index (χ3v) is 4.95. The van der Waals surface area contributed by atoms with Crippen molar-refractivity contribution in [2.75, 3.05) is 23.9 Å². The van der Waals surface area contributed by atoms with E-state index in [1.807, 2.05) is 6.92 Å². The number of hydrogen-bond donors (Lipinski definition) is 2. The van der Waals surface area contributed by atoms with Gasteiger partial charge in [-0.15, -0.1) is 0 Å². The zero-order chi connectivity index (χ0) is 15.4. The molecule has 1 aromatic heterocycles. The van der Waals surface area contributed by atoms with Crippen LogP contribution in [0.1, 0.15) is 13.8 Å². The number of aromatic nitrogens is 1. The van der Waals surface area contributed by atoms with Gasteiger partial charge in [-0.05, 0) is 26.0 Å². The van der Waals surface area contributed by atoms with Gasteiger partial charge in [0, 0.05) is 25.0 Å². The molecule has 0 aliphatic carbocycles. The molecule has 1 unspecified atom stereocenters. The van der Waals surface area contributed by atoms with Gasteiger partial charge in [0.1, 0.15) is 9.84 Å². The van der Waals surface area contributed by atoms with Crippen LogP contribution in [0.25, 0.3) is 0 Å². The van der Waals surface area contributed by atoms with Gasteiger partial charge in [0.25, 0.3) is 10.0 Å². The fourth-order valence-electron chi connectivity index (χ4n) is 1.74. The minimum Gasteiger partial charge on any atom is -0.383 e. The molecule has 0 fully saturated rings. The van der Waals surface area contributed by atoms with Crippen LogP contribution in [-0.2, 0) is 19.9 Å². The van der Waals surface area contributed by atoms with Gasteiger partial charge in [0.15, 0.2) is 5.03 Å². The highest BCUT2D eigenvalue weighted by atomic mass is 32.2. The SMILES string of the molecule is CCNc1cccnc1S(=O)(=O)NC(C)CS(C)(=O)=O. The molecule has 114 valence electrons. The first kappa shape index (κ1) is 16.9. The number of anilines is 1. The monoisotopic (exact) mass is 321 g/mol. The third-order valence-electron chi connectivity index (χ3n) is 2.30. The molecule has 0 aliphatic heterocycles. The van der Waals surface area contributed by atoms with Crippen LogP contribution < -0.4 is 10.0 Å². The number of nitrogens with zero attached hydrogens (tertiary/aromatic N) is 1. The van der Waals surface area contributed by atoms with Crippen LogP contribution in [0.3, 0.4) is 0 Å². The minimum absolute atomic E-state index is 0.137. The molecular formula is C11H19N3O4S2. The lowest BCUT2D eigenvalue weighted by Gasteiger charge is -2.15. The van der Waals surface area contributed by atoms with Gasteiger partial charge < -0.3 is 5.32 Å². The highest BCUT2D eigenvalue weighted by molar-refractivity contribution is 7.91. The minimum atomic E-state index is -3.87. The quantitative estimate of drug-likeness (QED) is 0.744. The van der Waals surface area contributed by atoms with Gasteiger partial charge in [0.05, 0.1) is 11.4 Å². The molecule has 1 rings (SSSR count). The smallest absolute Gasteiger partial charge is 0.260 e. The van der Waals surface area contributed by atoms with Crippen LogP contribution >= 0.6 is 0 Å². The summed E-state index contributed by atoms with van der Waals surface area (Å²) in [6.45, 7) is 3.88. The molecule has 0 radical (unpaired) electrons. The maximum atomic E-state index is 12.2. The summed E-state index contributed by atoms with van der Waals surface area (Å²) in [4.78, 5) is 3.86. The first-order valence-corrected chi connectivity index (χ1v) is 9.59. The Hall–Kier alpha value is -1.19. The van der Waals surface area contributed by atoms with E-state index in [1.165, 1.54) is 13.1 Å². The Kier molecular flexibility index (Phi) is 5.49. The maximum absolute atomic E-state index is 12.2. The van der Waals surface area contributed by atoms with E-state index in [1.54, 1.807) is 12.1 Å². The standard InChI is InChI=1S/C11H19N3O4S2/c1-4-12-10-6-5-7-13-11(10)20(17,18)14-9(2)8-19(3,15)16/h5-7,9,12,14H,4,8H2,1-3H3. The summed E-state index contributed by atoms with van der Waals surface area (Å²) in [7, 11) is -7.13. The number of sulfone groups is 1. The van der Waals surface area contributed by atoms with E-state index in [2.05, 4.69) is 15.0 Å². The zero-order valence-electron chi connectivity index (χ0n) is 11.6. The van der Waals surface area contributed by atoms with E-state index in [0.717, 1.165) is 6.26 Å². The normalized spacial score (nSPS) is 13.9. The average molecular weight is 321 g/mol. The predicted molar refractivity (Wildman–Crippen MR) is 77.9 cm³/mol. The van der Waals surface area contributed by atoms with Crippen molar-refractivity contribution in [2.24, 2.45) is 0 Å². The van der Waals surface area contributed by atoms with Crippen LogP contribution in [0.5, 0.6) is 0 Å². The highest BCUT2D eigenvalue weighted by Gasteiger charge is 2.23. The predicted octanol–water partition coefficient (Wildman–Crippen LogP) is 0.225. The molecule has 0 amide bonds. The van der Waals surface area contributed by atoms with E-state index < -0.39 is 25.9 Å². The zero-order valence-corrected chi connectivity index (χ0v) is 13.3. The molecule has 2 N–H and O–H groups in total. The Labute approximate surface area is 119 Å². The molecule has 1 atom stereocenters. The molecule has 0 bridgehead atoms. The number of pyridine rings is 1. The van der Waals surface area contributed by atoms with Crippen LogP contribution in [0.2, 0.25) is 0 Å². The van der Waals surface area contributed by atoms with Crippen LogP contribution in [-0.4, -0.2) is 46.4 Å². The van der Waals surface area contributed by atoms with E-state index in [-0.39, 0.29) is 10.8 Å². The van der Waals surface area contributed by atoms with Gasteiger partial charge >= 0.3 is 0 Å². The van der Waals surface area contributed by atoms with Crippen molar-refractivity contribution in [1.29, 1.82) is 0 Å². The van der Waals surface area contributed by atoms with Crippen molar-refractivity contribution in [2.45, 2.75) is 24.9 Å². The Balaban J connectivity index is 3.00. The second kappa shape index (κ2) is 6.51. The Bertz CT molecular complexity index is 656. The molecule has 0 saturated carbocycles. The molecular weight excluding hydrogens is 302 g/mol. The summed E-state index contributed by atoms with van der Waals surface area (Å²) in [6.07, 6.45) is 2.43. The van der Waals surface area contributed by atoms with Crippen molar-refractivity contribution in [3.8, 4) is 0 Å². The molecule has 0 aliphatic rings. The number of nitrogens with one attached hydrogen (secondary N) is 2. The highest BCUT2D eigenvalue weighted by Crippen LogP contribution is 2.17. The molecule has 7 nitrogen and oxygen atoms in total. The van der Waals surface area contributed by atoms with Gasteiger partial charge in [-0.3, -0.25) is 0 Å². The largest absolute Gasteiger partial charge is 0.383 e. The Morgan fingerprint density at radius 3 is 2.50 bits per heavy atom. The first-order valence-electron chi connectivity index (χ1n) is 6.04. The molecule has 0 saturated heterocycles. The van der Waals surface area contributed by atoms with E-state index in [0.29, 0.717) is 12.2 Å². The lowest BCUT2D eigenvalue weighted by atomic mass is 10.4. The lowest BCUT2D eigenvalue weighted by Crippen LogP contribution is -2.37. The summed E-state index contributed by atoms with van der Waals surface area (Å²) in [5, 5.41) is 2.77.